The average molecular weight is 142 g/mol. The third-order valence-electron chi connectivity index (χ3n) is 2.45. The van der Waals surface area contributed by atoms with E-state index in [2.05, 4.69) is 20.8 Å². The molecular formula is C9H18O. The summed E-state index contributed by atoms with van der Waals surface area (Å²) >= 11 is 0. The summed E-state index contributed by atoms with van der Waals surface area (Å²) in [5, 5.41) is 9.76. The van der Waals surface area contributed by atoms with Crippen LogP contribution in [-0.4, -0.2) is 10.7 Å². The van der Waals surface area contributed by atoms with Crippen LogP contribution in [0.3, 0.4) is 0 Å². The second-order valence-corrected chi connectivity index (χ2v) is 4.01. The van der Waals surface area contributed by atoms with Gasteiger partial charge in [0.2, 0.25) is 0 Å². The van der Waals surface area contributed by atoms with E-state index in [-0.39, 0.29) is 5.60 Å². The molecule has 1 N–H and O–H groups in total. The molecule has 1 saturated carbocycles. The Morgan fingerprint density at radius 1 is 1.60 bits per heavy atom. The highest BCUT2D eigenvalue weighted by atomic mass is 16.3. The van der Waals surface area contributed by atoms with Gasteiger partial charge in [-0.25, -0.2) is 0 Å². The zero-order valence-electron chi connectivity index (χ0n) is 7.22. The van der Waals surface area contributed by atoms with Gasteiger partial charge in [-0.15, -0.1) is 0 Å². The SMILES string of the molecule is CCC1CC1(O)CC(C)C. The molecule has 0 radical (unpaired) electrons. The van der Waals surface area contributed by atoms with Crippen LogP contribution in [0, 0.1) is 11.8 Å². The summed E-state index contributed by atoms with van der Waals surface area (Å²) in [7, 11) is 0. The quantitative estimate of drug-likeness (QED) is 0.640. The molecule has 1 fully saturated rings. The second-order valence-electron chi connectivity index (χ2n) is 4.01. The second kappa shape index (κ2) is 2.54. The van der Waals surface area contributed by atoms with Gasteiger partial charge in [-0.1, -0.05) is 27.2 Å². The molecule has 0 spiro atoms. The molecule has 0 amide bonds. The van der Waals surface area contributed by atoms with Crippen molar-refractivity contribution < 1.29 is 5.11 Å². The summed E-state index contributed by atoms with van der Waals surface area (Å²) in [5.74, 6) is 1.25. The van der Waals surface area contributed by atoms with Crippen molar-refractivity contribution in [2.75, 3.05) is 0 Å². The van der Waals surface area contributed by atoms with Crippen molar-refractivity contribution in [2.45, 2.75) is 45.6 Å². The summed E-state index contributed by atoms with van der Waals surface area (Å²) in [6, 6.07) is 0. The fourth-order valence-corrected chi connectivity index (χ4v) is 1.85. The molecule has 1 aliphatic rings. The minimum atomic E-state index is -0.261. The highest BCUT2D eigenvalue weighted by Crippen LogP contribution is 2.49. The standard InChI is InChI=1S/C9H18O/c1-4-8-6-9(8,10)5-7(2)3/h7-8,10H,4-6H2,1-3H3. The van der Waals surface area contributed by atoms with Crippen molar-refractivity contribution in [3.05, 3.63) is 0 Å². The number of aliphatic hydroxyl groups is 1. The first-order chi connectivity index (χ1) is 4.58. The third-order valence-corrected chi connectivity index (χ3v) is 2.45. The fraction of sp³-hybridized carbons (Fsp3) is 1.00. The summed E-state index contributed by atoms with van der Waals surface area (Å²) in [5.41, 5.74) is -0.261. The first-order valence-electron chi connectivity index (χ1n) is 4.31. The van der Waals surface area contributed by atoms with Crippen LogP contribution in [0.4, 0.5) is 0 Å². The maximum Gasteiger partial charge on any atom is 0.0682 e. The Kier molecular flexibility index (Phi) is 2.04. The van der Waals surface area contributed by atoms with Gasteiger partial charge < -0.3 is 5.11 Å². The number of hydrogen-bond acceptors (Lipinski definition) is 1. The molecular weight excluding hydrogens is 124 g/mol. The van der Waals surface area contributed by atoms with E-state index < -0.39 is 0 Å². The lowest BCUT2D eigenvalue weighted by Gasteiger charge is -2.11. The van der Waals surface area contributed by atoms with Crippen LogP contribution >= 0.6 is 0 Å². The molecule has 0 aromatic carbocycles. The van der Waals surface area contributed by atoms with Gasteiger partial charge >= 0.3 is 0 Å². The van der Waals surface area contributed by atoms with Crippen molar-refractivity contribution >= 4 is 0 Å². The van der Waals surface area contributed by atoms with Gasteiger partial charge in [0.05, 0.1) is 5.60 Å². The maximum atomic E-state index is 9.76. The van der Waals surface area contributed by atoms with Crippen LogP contribution < -0.4 is 0 Å². The van der Waals surface area contributed by atoms with Gasteiger partial charge in [0.1, 0.15) is 0 Å². The van der Waals surface area contributed by atoms with Crippen molar-refractivity contribution in [1.82, 2.24) is 0 Å². The van der Waals surface area contributed by atoms with Gasteiger partial charge in [0, 0.05) is 0 Å². The summed E-state index contributed by atoms with van der Waals surface area (Å²) in [6.07, 6.45) is 3.18. The fourth-order valence-electron chi connectivity index (χ4n) is 1.85. The van der Waals surface area contributed by atoms with Crippen LogP contribution in [0.1, 0.15) is 40.0 Å². The highest BCUT2D eigenvalue weighted by molar-refractivity contribution is 5.02. The molecule has 1 nitrogen and oxygen atoms in total. The molecule has 0 aliphatic heterocycles. The van der Waals surface area contributed by atoms with Crippen molar-refractivity contribution in [2.24, 2.45) is 11.8 Å². The number of rotatable bonds is 3. The van der Waals surface area contributed by atoms with E-state index in [1.54, 1.807) is 0 Å². The Bertz CT molecular complexity index is 120. The molecule has 0 saturated heterocycles. The smallest absolute Gasteiger partial charge is 0.0682 e. The minimum absolute atomic E-state index is 0.261. The van der Waals surface area contributed by atoms with E-state index in [0.29, 0.717) is 11.8 Å². The molecule has 1 rings (SSSR count). The Labute approximate surface area is 63.4 Å². The predicted octanol–water partition coefficient (Wildman–Crippen LogP) is 2.19. The summed E-state index contributed by atoms with van der Waals surface area (Å²) in [4.78, 5) is 0. The lowest BCUT2D eigenvalue weighted by molar-refractivity contribution is 0.105. The van der Waals surface area contributed by atoms with Crippen LogP contribution in [0.2, 0.25) is 0 Å². The Balaban J connectivity index is 2.29. The molecule has 0 aromatic rings. The lowest BCUT2D eigenvalue weighted by Crippen LogP contribution is -2.13. The zero-order valence-corrected chi connectivity index (χ0v) is 7.22. The molecule has 0 bridgehead atoms. The van der Waals surface area contributed by atoms with Crippen LogP contribution in [0.15, 0.2) is 0 Å². The molecule has 2 unspecified atom stereocenters. The van der Waals surface area contributed by atoms with Gasteiger partial charge in [0.15, 0.2) is 0 Å². The lowest BCUT2D eigenvalue weighted by atomic mass is 10.0. The Morgan fingerprint density at radius 2 is 2.20 bits per heavy atom. The first-order valence-corrected chi connectivity index (χ1v) is 4.31. The van der Waals surface area contributed by atoms with Gasteiger partial charge in [0.25, 0.3) is 0 Å². The molecule has 0 heterocycles. The molecule has 2 atom stereocenters. The van der Waals surface area contributed by atoms with E-state index in [0.717, 1.165) is 19.3 Å². The van der Waals surface area contributed by atoms with Gasteiger partial charge in [-0.2, -0.15) is 0 Å². The van der Waals surface area contributed by atoms with Crippen molar-refractivity contribution in [1.29, 1.82) is 0 Å². The van der Waals surface area contributed by atoms with Gasteiger partial charge in [-0.05, 0) is 24.7 Å². The zero-order chi connectivity index (χ0) is 7.78. The molecule has 10 heavy (non-hydrogen) atoms. The highest BCUT2D eigenvalue weighted by Gasteiger charge is 2.51. The van der Waals surface area contributed by atoms with E-state index >= 15 is 0 Å². The summed E-state index contributed by atoms with van der Waals surface area (Å²) < 4.78 is 0. The average Bonchev–Trinajstić information content (AvgIpc) is 2.39. The minimum Gasteiger partial charge on any atom is -0.390 e. The molecule has 1 heteroatoms. The van der Waals surface area contributed by atoms with E-state index in [1.165, 1.54) is 0 Å². The normalized spacial score (nSPS) is 38.7. The number of hydrogen-bond donors (Lipinski definition) is 1. The molecule has 1 aliphatic carbocycles. The van der Waals surface area contributed by atoms with E-state index in [1.807, 2.05) is 0 Å². The van der Waals surface area contributed by atoms with E-state index in [4.69, 9.17) is 0 Å². The summed E-state index contributed by atoms with van der Waals surface area (Å²) in [6.45, 7) is 6.50. The monoisotopic (exact) mass is 142 g/mol. The van der Waals surface area contributed by atoms with Crippen LogP contribution in [0.25, 0.3) is 0 Å². The van der Waals surface area contributed by atoms with Gasteiger partial charge in [-0.3, -0.25) is 0 Å². The molecule has 0 aromatic heterocycles. The van der Waals surface area contributed by atoms with Crippen LogP contribution in [0.5, 0.6) is 0 Å². The largest absolute Gasteiger partial charge is 0.390 e. The topological polar surface area (TPSA) is 20.2 Å². The van der Waals surface area contributed by atoms with Crippen molar-refractivity contribution in [3.63, 3.8) is 0 Å². The third kappa shape index (κ3) is 1.51. The molecule has 60 valence electrons. The maximum absolute atomic E-state index is 9.76. The predicted molar refractivity (Wildman–Crippen MR) is 42.8 cm³/mol. The Morgan fingerprint density at radius 3 is 2.50 bits per heavy atom. The van der Waals surface area contributed by atoms with Crippen molar-refractivity contribution in [3.8, 4) is 0 Å². The Hall–Kier alpha value is -0.0400. The first kappa shape index (κ1) is 8.06. The van der Waals surface area contributed by atoms with E-state index in [9.17, 15) is 5.11 Å². The van der Waals surface area contributed by atoms with Crippen LogP contribution in [-0.2, 0) is 0 Å².